The van der Waals surface area contributed by atoms with Gasteiger partial charge in [0.2, 0.25) is 0 Å². The first kappa shape index (κ1) is 12.0. The summed E-state index contributed by atoms with van der Waals surface area (Å²) in [6.45, 7) is 6.58. The molecule has 0 aromatic rings. The maximum atomic E-state index is 11.6. The SMILES string of the molecule is C[CH2][Sn]([CH2]C)([CH2]C)[CH]1CC(=O)NC1=O. The molecule has 1 N–H and O–H groups in total. The number of imide groups is 1. The number of carbonyl (C=O) groups is 2. The Hall–Kier alpha value is -0.0613. The van der Waals surface area contributed by atoms with E-state index in [2.05, 4.69) is 26.1 Å². The van der Waals surface area contributed by atoms with Crippen molar-refractivity contribution in [2.24, 2.45) is 0 Å². The van der Waals surface area contributed by atoms with Crippen LogP contribution in [0.2, 0.25) is 17.2 Å². The molecule has 1 aliphatic rings. The first-order valence-electron chi connectivity index (χ1n) is 5.43. The molecule has 0 radical (unpaired) electrons. The molecule has 3 nitrogen and oxygen atoms in total. The Morgan fingerprint density at radius 1 is 1.21 bits per heavy atom. The van der Waals surface area contributed by atoms with Gasteiger partial charge in [-0.25, -0.2) is 0 Å². The molecule has 14 heavy (non-hydrogen) atoms. The van der Waals surface area contributed by atoms with Crippen LogP contribution in [0.4, 0.5) is 0 Å². The van der Waals surface area contributed by atoms with Crippen molar-refractivity contribution in [3.8, 4) is 0 Å². The average molecular weight is 304 g/mol. The molecular weight excluding hydrogens is 285 g/mol. The first-order chi connectivity index (χ1) is 6.59. The van der Waals surface area contributed by atoms with Crippen LogP contribution in [0, 0.1) is 0 Å². The summed E-state index contributed by atoms with van der Waals surface area (Å²) >= 11 is -2.31. The Morgan fingerprint density at radius 3 is 2.00 bits per heavy atom. The van der Waals surface area contributed by atoms with Gasteiger partial charge in [0.1, 0.15) is 0 Å². The standard InChI is InChI=1S/C4H4NO2.3C2H5.Sn/c6-3-1-2-4(7)5-3;3*1-2;/h1H,2H2,(H,5,6,7);3*1H2,2H3;. The third-order valence-electron chi connectivity index (χ3n) is 3.82. The van der Waals surface area contributed by atoms with Crippen LogP contribution >= 0.6 is 0 Å². The second-order valence-electron chi connectivity index (χ2n) is 4.09. The number of hydrogen-bond donors (Lipinski definition) is 1. The second-order valence-corrected chi connectivity index (χ2v) is 19.9. The van der Waals surface area contributed by atoms with E-state index >= 15 is 0 Å². The Bertz CT molecular complexity index is 240. The molecule has 2 amide bonds. The Kier molecular flexibility index (Phi) is 3.98. The van der Waals surface area contributed by atoms with E-state index in [1.807, 2.05) is 0 Å². The van der Waals surface area contributed by atoms with Crippen molar-refractivity contribution in [2.75, 3.05) is 0 Å². The van der Waals surface area contributed by atoms with Gasteiger partial charge < -0.3 is 0 Å². The zero-order chi connectivity index (χ0) is 10.8. The monoisotopic (exact) mass is 305 g/mol. The van der Waals surface area contributed by atoms with Crippen molar-refractivity contribution in [3.63, 3.8) is 0 Å². The summed E-state index contributed by atoms with van der Waals surface area (Å²) in [5.74, 6) is -0.0345. The first-order valence-corrected chi connectivity index (χ1v) is 13.1. The van der Waals surface area contributed by atoms with Gasteiger partial charge in [-0.15, -0.1) is 0 Å². The molecule has 1 unspecified atom stereocenters. The molecule has 0 saturated carbocycles. The van der Waals surface area contributed by atoms with Crippen LogP contribution in [0.3, 0.4) is 0 Å². The fraction of sp³-hybridized carbons (Fsp3) is 0.800. The van der Waals surface area contributed by atoms with Crippen molar-refractivity contribution >= 4 is 30.2 Å². The molecule has 1 aliphatic heterocycles. The zero-order valence-corrected chi connectivity index (χ0v) is 12.1. The van der Waals surface area contributed by atoms with Crippen LogP contribution in [0.25, 0.3) is 0 Å². The third kappa shape index (κ3) is 1.97. The summed E-state index contributed by atoms with van der Waals surface area (Å²) in [5.41, 5.74) is 0. The number of hydrogen-bond acceptors (Lipinski definition) is 2. The quantitative estimate of drug-likeness (QED) is 0.637. The van der Waals surface area contributed by atoms with Gasteiger partial charge in [0.05, 0.1) is 0 Å². The number of rotatable bonds is 4. The molecule has 1 saturated heterocycles. The van der Waals surface area contributed by atoms with Gasteiger partial charge in [0.25, 0.3) is 0 Å². The van der Waals surface area contributed by atoms with E-state index in [1.165, 1.54) is 13.3 Å². The van der Waals surface area contributed by atoms with E-state index < -0.39 is 18.4 Å². The van der Waals surface area contributed by atoms with Crippen LogP contribution in [-0.2, 0) is 9.59 Å². The zero-order valence-electron chi connectivity index (χ0n) is 9.22. The molecule has 4 heteroatoms. The summed E-state index contributed by atoms with van der Waals surface area (Å²) in [6.07, 6.45) is 0.477. The molecule has 0 spiro atoms. The van der Waals surface area contributed by atoms with Gasteiger partial charge in [-0.3, -0.25) is 0 Å². The molecule has 1 rings (SSSR count). The minimum absolute atomic E-state index is 0.0244. The Balaban J connectivity index is 2.88. The van der Waals surface area contributed by atoms with Gasteiger partial charge in [-0.05, 0) is 0 Å². The molecule has 1 heterocycles. The predicted octanol–water partition coefficient (Wildman–Crippen LogP) is 1.91. The summed E-state index contributed by atoms with van der Waals surface area (Å²) in [7, 11) is 0. The molecule has 80 valence electrons. The van der Waals surface area contributed by atoms with Crippen molar-refractivity contribution < 1.29 is 9.59 Å². The molecule has 0 aromatic carbocycles. The van der Waals surface area contributed by atoms with Gasteiger partial charge in [-0.2, -0.15) is 0 Å². The fourth-order valence-electron chi connectivity index (χ4n) is 2.54. The second kappa shape index (κ2) is 4.64. The molecule has 0 aromatic heterocycles. The summed E-state index contributed by atoms with van der Waals surface area (Å²) < 4.78 is 3.63. The third-order valence-corrected chi connectivity index (χ3v) is 21.4. The Labute approximate surface area is 89.5 Å². The molecule has 1 fully saturated rings. The van der Waals surface area contributed by atoms with Gasteiger partial charge in [0.15, 0.2) is 0 Å². The van der Waals surface area contributed by atoms with E-state index in [0.29, 0.717) is 6.42 Å². The van der Waals surface area contributed by atoms with Crippen molar-refractivity contribution in [1.82, 2.24) is 5.32 Å². The molecule has 1 atom stereocenters. The van der Waals surface area contributed by atoms with E-state index in [0.717, 1.165) is 0 Å². The van der Waals surface area contributed by atoms with Crippen LogP contribution < -0.4 is 5.32 Å². The average Bonchev–Trinajstić information content (AvgIpc) is 2.51. The normalized spacial score (nSPS) is 22.6. The molecule has 0 aliphatic carbocycles. The number of carbonyl (C=O) groups excluding carboxylic acids is 2. The van der Waals surface area contributed by atoms with Gasteiger partial charge in [0, 0.05) is 0 Å². The van der Waals surface area contributed by atoms with Crippen LogP contribution in [0.1, 0.15) is 27.2 Å². The van der Waals surface area contributed by atoms with Crippen LogP contribution in [0.15, 0.2) is 0 Å². The van der Waals surface area contributed by atoms with Crippen molar-refractivity contribution in [1.29, 1.82) is 0 Å². The summed E-state index contributed by atoms with van der Waals surface area (Å²) in [5, 5.41) is 2.45. The van der Waals surface area contributed by atoms with Crippen LogP contribution in [-0.4, -0.2) is 30.2 Å². The summed E-state index contributed by atoms with van der Waals surface area (Å²) in [4.78, 5) is 22.8. The van der Waals surface area contributed by atoms with Gasteiger partial charge in [-0.1, -0.05) is 0 Å². The van der Waals surface area contributed by atoms with Crippen molar-refractivity contribution in [3.05, 3.63) is 0 Å². The van der Waals surface area contributed by atoms with E-state index in [4.69, 9.17) is 0 Å². The Morgan fingerprint density at radius 2 is 1.71 bits per heavy atom. The molecule has 0 bridgehead atoms. The fourth-order valence-corrected chi connectivity index (χ4v) is 14.6. The maximum absolute atomic E-state index is 11.6. The minimum atomic E-state index is -2.31. The predicted molar refractivity (Wildman–Crippen MR) is 58.7 cm³/mol. The van der Waals surface area contributed by atoms with E-state index in [-0.39, 0.29) is 15.7 Å². The number of nitrogens with one attached hydrogen (secondary N) is 1. The van der Waals surface area contributed by atoms with Crippen molar-refractivity contribution in [2.45, 2.75) is 44.4 Å². The topological polar surface area (TPSA) is 46.2 Å². The number of amides is 2. The van der Waals surface area contributed by atoms with Gasteiger partial charge >= 0.3 is 89.5 Å². The van der Waals surface area contributed by atoms with E-state index in [9.17, 15) is 9.59 Å². The van der Waals surface area contributed by atoms with Crippen LogP contribution in [0.5, 0.6) is 0 Å². The van der Waals surface area contributed by atoms with E-state index in [1.54, 1.807) is 0 Å². The molecular formula is C10H19NO2Sn. The summed E-state index contributed by atoms with van der Waals surface area (Å²) in [6, 6.07) is 0.